The van der Waals surface area contributed by atoms with Crippen molar-refractivity contribution in [1.82, 2.24) is 19.7 Å². The minimum Gasteiger partial charge on any atom is -0.478 e. The molecule has 3 aliphatic heterocycles. The van der Waals surface area contributed by atoms with Gasteiger partial charge < -0.3 is 24.4 Å². The second kappa shape index (κ2) is 13.5. The zero-order valence-electron chi connectivity index (χ0n) is 25.0. The highest BCUT2D eigenvalue weighted by Crippen LogP contribution is 2.38. The molecule has 0 saturated carbocycles. The van der Waals surface area contributed by atoms with E-state index in [4.69, 9.17) is 31.2 Å². The molecule has 0 bridgehead atoms. The zero-order chi connectivity index (χ0) is 30.6. The monoisotopic (exact) mass is 618 g/mol. The van der Waals surface area contributed by atoms with Crippen molar-refractivity contribution in [2.75, 3.05) is 32.8 Å². The Labute approximate surface area is 263 Å². The molecule has 4 heterocycles. The van der Waals surface area contributed by atoms with Gasteiger partial charge in [-0.2, -0.15) is 0 Å². The van der Waals surface area contributed by atoms with E-state index in [0.717, 1.165) is 63.0 Å². The molecule has 2 aromatic carbocycles. The molecule has 3 aromatic rings. The number of piperidine rings is 1. The molecule has 6 rings (SSSR count). The molecule has 0 aliphatic carbocycles. The van der Waals surface area contributed by atoms with Crippen molar-refractivity contribution >= 4 is 23.6 Å². The van der Waals surface area contributed by atoms with E-state index < -0.39 is 5.97 Å². The largest absolute Gasteiger partial charge is 0.478 e. The first-order valence-electron chi connectivity index (χ1n) is 15.5. The Morgan fingerprint density at radius 3 is 2.45 bits per heavy atom. The topological polar surface area (TPSA) is 95.4 Å². The van der Waals surface area contributed by atoms with Gasteiger partial charge in [-0.15, -0.1) is 0 Å². The highest BCUT2D eigenvalue weighted by molar-refractivity contribution is 6.30. The van der Waals surface area contributed by atoms with E-state index in [-0.39, 0.29) is 29.7 Å². The molecule has 3 saturated heterocycles. The van der Waals surface area contributed by atoms with Gasteiger partial charge in [-0.25, -0.2) is 14.6 Å². The standard InChI is InChI=1S/C34H39ClN4O5/c1-2-30-25(8-11-32(36-30)44-29-9-6-23(7-10-29)33(40)41)21-37-16-12-28(13-17-37)39-31(24-4-3-5-26(35)20-24)22-38(34(39)42)27-14-18-43-19-15-27/h3-11,20,27-28,31H,2,12-19,21-22H2,1H3,(H,40,41). The van der Waals surface area contributed by atoms with Crippen LogP contribution < -0.4 is 4.74 Å². The van der Waals surface area contributed by atoms with Gasteiger partial charge in [-0.1, -0.05) is 36.7 Å². The summed E-state index contributed by atoms with van der Waals surface area (Å²) in [5, 5.41) is 9.82. The number of aromatic carboxylic acids is 1. The number of carbonyl (C=O) groups excluding carboxylic acids is 1. The molecular formula is C34H39ClN4O5. The predicted octanol–water partition coefficient (Wildman–Crippen LogP) is 6.41. The predicted molar refractivity (Wildman–Crippen MR) is 167 cm³/mol. The summed E-state index contributed by atoms with van der Waals surface area (Å²) in [6.45, 7) is 6.76. The minimum absolute atomic E-state index is 0.00985. The van der Waals surface area contributed by atoms with Crippen molar-refractivity contribution in [3.05, 3.63) is 88.1 Å². The van der Waals surface area contributed by atoms with Gasteiger partial charge in [0.15, 0.2) is 0 Å². The van der Waals surface area contributed by atoms with E-state index >= 15 is 0 Å². The van der Waals surface area contributed by atoms with Gasteiger partial charge in [0, 0.05) is 68.3 Å². The lowest BCUT2D eigenvalue weighted by Gasteiger charge is -2.39. The smallest absolute Gasteiger partial charge is 0.335 e. The molecule has 232 valence electrons. The quantitative estimate of drug-likeness (QED) is 0.296. The fourth-order valence-corrected chi connectivity index (χ4v) is 6.93. The molecule has 1 unspecified atom stereocenters. The molecule has 2 amide bonds. The third-order valence-corrected chi connectivity index (χ3v) is 9.32. The molecular weight excluding hydrogens is 580 g/mol. The summed E-state index contributed by atoms with van der Waals surface area (Å²) in [6, 6.07) is 18.7. The molecule has 3 aliphatic rings. The number of aromatic nitrogens is 1. The lowest BCUT2D eigenvalue weighted by molar-refractivity contribution is 0.0493. The van der Waals surface area contributed by atoms with Gasteiger partial charge in [0.05, 0.1) is 11.6 Å². The van der Waals surface area contributed by atoms with Crippen LogP contribution in [0.5, 0.6) is 11.6 Å². The van der Waals surface area contributed by atoms with E-state index in [1.807, 2.05) is 24.3 Å². The van der Waals surface area contributed by atoms with Crippen molar-refractivity contribution in [3.63, 3.8) is 0 Å². The first-order chi connectivity index (χ1) is 21.4. The molecule has 44 heavy (non-hydrogen) atoms. The summed E-state index contributed by atoms with van der Waals surface area (Å²) in [5.41, 5.74) is 3.46. The van der Waals surface area contributed by atoms with Gasteiger partial charge in [0.2, 0.25) is 5.88 Å². The number of hydrogen-bond acceptors (Lipinski definition) is 6. The highest BCUT2D eigenvalue weighted by Gasteiger charge is 2.45. The molecule has 1 N–H and O–H groups in total. The number of likely N-dealkylation sites (tertiary alicyclic amines) is 1. The molecule has 9 nitrogen and oxygen atoms in total. The van der Waals surface area contributed by atoms with E-state index in [2.05, 4.69) is 33.8 Å². The Hall–Kier alpha value is -3.66. The molecule has 1 atom stereocenters. The van der Waals surface area contributed by atoms with Crippen LogP contribution in [0.15, 0.2) is 60.7 Å². The molecule has 0 radical (unpaired) electrons. The van der Waals surface area contributed by atoms with Gasteiger partial charge in [0.1, 0.15) is 5.75 Å². The average Bonchev–Trinajstić information content (AvgIpc) is 3.39. The van der Waals surface area contributed by atoms with E-state index in [9.17, 15) is 9.59 Å². The number of carboxylic acids is 1. The minimum atomic E-state index is -0.971. The maximum atomic E-state index is 14.0. The number of amides is 2. The summed E-state index contributed by atoms with van der Waals surface area (Å²) in [6.07, 6.45) is 4.36. The van der Waals surface area contributed by atoms with Crippen molar-refractivity contribution < 1.29 is 24.2 Å². The maximum absolute atomic E-state index is 14.0. The fraction of sp³-hybridized carbons (Fsp3) is 0.441. The summed E-state index contributed by atoms with van der Waals surface area (Å²) in [7, 11) is 0. The number of carbonyl (C=O) groups is 2. The number of nitrogens with zero attached hydrogens (tertiary/aromatic N) is 4. The van der Waals surface area contributed by atoms with Crippen LogP contribution >= 0.6 is 11.6 Å². The SMILES string of the molecule is CCc1nc(Oc2ccc(C(=O)O)cc2)ccc1CN1CCC(N2C(=O)N(C3CCOCC3)CC2c2cccc(Cl)c2)CC1. The Morgan fingerprint density at radius 1 is 1.02 bits per heavy atom. The van der Waals surface area contributed by atoms with Gasteiger partial charge >= 0.3 is 12.0 Å². The fourth-order valence-electron chi connectivity index (χ4n) is 6.73. The number of benzene rings is 2. The number of rotatable bonds is 9. The average molecular weight is 619 g/mol. The van der Waals surface area contributed by atoms with Crippen LogP contribution in [0.2, 0.25) is 5.02 Å². The lowest BCUT2D eigenvalue weighted by Crippen LogP contribution is -2.48. The van der Waals surface area contributed by atoms with Crippen LogP contribution in [0.4, 0.5) is 4.79 Å². The summed E-state index contributed by atoms with van der Waals surface area (Å²) >= 11 is 6.39. The first kappa shape index (κ1) is 30.4. The van der Waals surface area contributed by atoms with Gasteiger partial charge in [-0.3, -0.25) is 4.90 Å². The molecule has 1 aromatic heterocycles. The Bertz CT molecular complexity index is 1470. The van der Waals surface area contributed by atoms with Crippen LogP contribution in [0.1, 0.15) is 65.8 Å². The third kappa shape index (κ3) is 6.70. The van der Waals surface area contributed by atoms with E-state index in [1.165, 1.54) is 17.7 Å². The number of pyridine rings is 1. The van der Waals surface area contributed by atoms with Crippen molar-refractivity contribution in [2.45, 2.75) is 63.7 Å². The third-order valence-electron chi connectivity index (χ3n) is 9.08. The number of ether oxygens (including phenoxy) is 2. The normalized spacial score (nSPS) is 20.3. The highest BCUT2D eigenvalue weighted by atomic mass is 35.5. The van der Waals surface area contributed by atoms with Crippen LogP contribution in [-0.2, 0) is 17.7 Å². The van der Waals surface area contributed by atoms with Crippen molar-refractivity contribution in [3.8, 4) is 11.6 Å². The second-order valence-corrected chi connectivity index (χ2v) is 12.2. The summed E-state index contributed by atoms with van der Waals surface area (Å²) in [4.78, 5) is 36.5. The molecule has 3 fully saturated rings. The molecule has 10 heteroatoms. The van der Waals surface area contributed by atoms with Crippen LogP contribution in [-0.4, -0.2) is 81.7 Å². The van der Waals surface area contributed by atoms with Crippen LogP contribution in [0.3, 0.4) is 0 Å². The molecule has 0 spiro atoms. The second-order valence-electron chi connectivity index (χ2n) is 11.8. The maximum Gasteiger partial charge on any atom is 0.335 e. The van der Waals surface area contributed by atoms with E-state index in [1.54, 1.807) is 12.1 Å². The number of carboxylic acid groups (broad SMARTS) is 1. The lowest BCUT2D eigenvalue weighted by atomic mass is 9.98. The van der Waals surface area contributed by atoms with Crippen molar-refractivity contribution in [2.24, 2.45) is 0 Å². The Balaban J connectivity index is 1.11. The number of halogens is 1. The first-order valence-corrected chi connectivity index (χ1v) is 15.9. The summed E-state index contributed by atoms with van der Waals surface area (Å²) in [5.74, 6) is 0.0598. The summed E-state index contributed by atoms with van der Waals surface area (Å²) < 4.78 is 11.5. The van der Waals surface area contributed by atoms with E-state index in [0.29, 0.717) is 36.4 Å². The van der Waals surface area contributed by atoms with Gasteiger partial charge in [-0.05, 0) is 79.6 Å². The Morgan fingerprint density at radius 2 is 1.77 bits per heavy atom. The number of hydrogen-bond donors (Lipinski definition) is 1. The Kier molecular flexibility index (Phi) is 9.35. The van der Waals surface area contributed by atoms with Crippen LogP contribution in [0, 0.1) is 0 Å². The van der Waals surface area contributed by atoms with Gasteiger partial charge in [0.25, 0.3) is 0 Å². The number of aryl methyl sites for hydroxylation is 1. The van der Waals surface area contributed by atoms with Crippen molar-refractivity contribution in [1.29, 1.82) is 0 Å². The van der Waals surface area contributed by atoms with Crippen LogP contribution in [0.25, 0.3) is 0 Å². The zero-order valence-corrected chi connectivity index (χ0v) is 25.8. The number of urea groups is 1.